The van der Waals surface area contributed by atoms with Crippen LogP contribution in [0, 0.1) is 17.0 Å². The molecule has 0 bridgehead atoms. The Morgan fingerprint density at radius 1 is 0.964 bits per heavy atom. The van der Waals surface area contributed by atoms with Crippen LogP contribution in [0.25, 0.3) is 0 Å². The van der Waals surface area contributed by atoms with E-state index in [9.17, 15) is 18.4 Å². The molecule has 28 heavy (non-hydrogen) atoms. The Kier molecular flexibility index (Phi) is 6.56. The van der Waals surface area contributed by atoms with E-state index < -0.39 is 34.6 Å². The van der Waals surface area contributed by atoms with E-state index in [1.165, 1.54) is 34.1 Å². The zero-order valence-corrected chi connectivity index (χ0v) is 16.1. The highest BCUT2D eigenvalue weighted by Crippen LogP contribution is 2.28. The van der Waals surface area contributed by atoms with Gasteiger partial charge in [0.15, 0.2) is 11.5 Å². The fourth-order valence-corrected chi connectivity index (χ4v) is 2.38. The minimum absolute atomic E-state index is 0.129. The standard InChI is InChI=1S/C20H22F2N2O4/c1-20(2,19(26)24-17-13(21)6-5-7-14(17)22)18(25)23-11-12-8-9-15(27-3)16(10-12)28-4/h5-10H,11H2,1-4H3,(H,23,25)(H,24,26). The van der Waals surface area contributed by atoms with Gasteiger partial charge in [-0.1, -0.05) is 12.1 Å². The lowest BCUT2D eigenvalue weighted by molar-refractivity contribution is -0.138. The van der Waals surface area contributed by atoms with Crippen molar-refractivity contribution in [3.63, 3.8) is 0 Å². The Morgan fingerprint density at radius 3 is 2.14 bits per heavy atom. The third-order valence-electron chi connectivity index (χ3n) is 4.24. The summed E-state index contributed by atoms with van der Waals surface area (Å²) in [5, 5.41) is 4.79. The number of amides is 2. The number of carbonyl (C=O) groups is 2. The summed E-state index contributed by atoms with van der Waals surface area (Å²) in [7, 11) is 3.01. The van der Waals surface area contributed by atoms with Gasteiger partial charge in [-0.25, -0.2) is 8.78 Å². The van der Waals surface area contributed by atoms with Crippen LogP contribution in [0.15, 0.2) is 36.4 Å². The summed E-state index contributed by atoms with van der Waals surface area (Å²) in [6.45, 7) is 2.86. The first-order valence-electron chi connectivity index (χ1n) is 8.45. The van der Waals surface area contributed by atoms with E-state index in [2.05, 4.69) is 10.6 Å². The average Bonchev–Trinajstić information content (AvgIpc) is 2.68. The van der Waals surface area contributed by atoms with E-state index in [4.69, 9.17) is 9.47 Å². The van der Waals surface area contributed by atoms with Gasteiger partial charge in [-0.05, 0) is 43.7 Å². The normalized spacial score (nSPS) is 10.9. The molecule has 2 aromatic rings. The number of ether oxygens (including phenoxy) is 2. The second kappa shape index (κ2) is 8.69. The smallest absolute Gasteiger partial charge is 0.239 e. The van der Waals surface area contributed by atoms with Crippen LogP contribution < -0.4 is 20.1 Å². The molecule has 0 aromatic heterocycles. The highest BCUT2D eigenvalue weighted by Gasteiger charge is 2.36. The van der Waals surface area contributed by atoms with Crippen LogP contribution in [0.3, 0.4) is 0 Å². The molecule has 0 unspecified atom stereocenters. The average molecular weight is 392 g/mol. The maximum atomic E-state index is 13.7. The van der Waals surface area contributed by atoms with Gasteiger partial charge in [0, 0.05) is 6.54 Å². The van der Waals surface area contributed by atoms with Crippen LogP contribution in [-0.2, 0) is 16.1 Å². The molecule has 0 fully saturated rings. The molecule has 0 heterocycles. The van der Waals surface area contributed by atoms with E-state index in [-0.39, 0.29) is 6.54 Å². The van der Waals surface area contributed by atoms with Crippen LogP contribution in [-0.4, -0.2) is 26.0 Å². The van der Waals surface area contributed by atoms with Crippen LogP contribution >= 0.6 is 0 Å². The Morgan fingerprint density at radius 2 is 1.57 bits per heavy atom. The number of anilines is 1. The fraction of sp³-hybridized carbons (Fsp3) is 0.300. The van der Waals surface area contributed by atoms with E-state index >= 15 is 0 Å². The number of hydrogen-bond acceptors (Lipinski definition) is 4. The van der Waals surface area contributed by atoms with Crippen molar-refractivity contribution >= 4 is 17.5 Å². The zero-order chi connectivity index (χ0) is 20.9. The summed E-state index contributed by atoms with van der Waals surface area (Å²) in [5.74, 6) is -2.23. The number of para-hydroxylation sites is 1. The second-order valence-electron chi connectivity index (χ2n) is 6.55. The molecule has 0 saturated heterocycles. The van der Waals surface area contributed by atoms with Gasteiger partial charge in [-0.3, -0.25) is 9.59 Å². The number of benzene rings is 2. The van der Waals surface area contributed by atoms with Gasteiger partial charge in [0.2, 0.25) is 11.8 Å². The van der Waals surface area contributed by atoms with E-state index in [1.54, 1.807) is 18.2 Å². The topological polar surface area (TPSA) is 76.7 Å². The third-order valence-corrected chi connectivity index (χ3v) is 4.24. The molecule has 0 aliphatic rings. The van der Waals surface area contributed by atoms with Crippen molar-refractivity contribution in [2.75, 3.05) is 19.5 Å². The van der Waals surface area contributed by atoms with Crippen LogP contribution in [0.1, 0.15) is 19.4 Å². The second-order valence-corrected chi connectivity index (χ2v) is 6.55. The predicted octanol–water partition coefficient (Wildman–Crippen LogP) is 3.26. The summed E-state index contributed by atoms with van der Waals surface area (Å²) in [6, 6.07) is 8.34. The van der Waals surface area contributed by atoms with Crippen molar-refractivity contribution in [2.24, 2.45) is 5.41 Å². The third kappa shape index (κ3) is 4.57. The summed E-state index contributed by atoms with van der Waals surface area (Å²) in [5.41, 5.74) is -1.43. The van der Waals surface area contributed by atoms with Gasteiger partial charge in [-0.15, -0.1) is 0 Å². The molecule has 0 radical (unpaired) electrons. The minimum atomic E-state index is -1.56. The molecule has 0 aliphatic carbocycles. The van der Waals surface area contributed by atoms with E-state index in [0.717, 1.165) is 17.7 Å². The van der Waals surface area contributed by atoms with Crippen molar-refractivity contribution in [3.05, 3.63) is 53.6 Å². The molecule has 2 amide bonds. The summed E-state index contributed by atoms with van der Waals surface area (Å²) in [4.78, 5) is 24.9. The Bertz CT molecular complexity index is 864. The molecule has 2 N–H and O–H groups in total. The quantitative estimate of drug-likeness (QED) is 0.709. The van der Waals surface area contributed by atoms with Gasteiger partial charge < -0.3 is 20.1 Å². The minimum Gasteiger partial charge on any atom is -0.493 e. The molecular formula is C20H22F2N2O4. The highest BCUT2D eigenvalue weighted by atomic mass is 19.1. The first-order valence-corrected chi connectivity index (χ1v) is 8.45. The maximum Gasteiger partial charge on any atom is 0.239 e. The lowest BCUT2D eigenvalue weighted by Gasteiger charge is -2.23. The molecule has 150 valence electrons. The summed E-state index contributed by atoms with van der Waals surface area (Å²) < 4.78 is 37.8. The Hall–Kier alpha value is -3.16. The van der Waals surface area contributed by atoms with Crippen molar-refractivity contribution < 1.29 is 27.8 Å². The van der Waals surface area contributed by atoms with Gasteiger partial charge in [0.1, 0.15) is 22.7 Å². The number of rotatable bonds is 7. The van der Waals surface area contributed by atoms with Crippen molar-refractivity contribution in [3.8, 4) is 11.5 Å². The molecule has 0 spiro atoms. The molecule has 2 rings (SSSR count). The van der Waals surface area contributed by atoms with E-state index in [0.29, 0.717) is 11.5 Å². The van der Waals surface area contributed by atoms with Crippen molar-refractivity contribution in [2.45, 2.75) is 20.4 Å². The first-order chi connectivity index (χ1) is 13.2. The van der Waals surface area contributed by atoms with E-state index in [1.807, 2.05) is 0 Å². The molecule has 6 nitrogen and oxygen atoms in total. The number of carbonyl (C=O) groups excluding carboxylic acids is 2. The van der Waals surface area contributed by atoms with Gasteiger partial charge in [0.05, 0.1) is 14.2 Å². The number of halogens is 2. The van der Waals surface area contributed by atoms with Crippen LogP contribution in [0.2, 0.25) is 0 Å². The molecule has 0 saturated carbocycles. The molecule has 8 heteroatoms. The lowest BCUT2D eigenvalue weighted by Crippen LogP contribution is -2.45. The zero-order valence-electron chi connectivity index (χ0n) is 16.1. The Balaban J connectivity index is 2.07. The predicted molar refractivity (Wildman–Crippen MR) is 100 cm³/mol. The summed E-state index contributed by atoms with van der Waals surface area (Å²) in [6.07, 6.45) is 0. The highest BCUT2D eigenvalue weighted by molar-refractivity contribution is 6.09. The molecular weight excluding hydrogens is 370 g/mol. The molecule has 0 atom stereocenters. The first kappa shape index (κ1) is 21.1. The molecule has 2 aromatic carbocycles. The van der Waals surface area contributed by atoms with Crippen molar-refractivity contribution in [1.82, 2.24) is 5.32 Å². The van der Waals surface area contributed by atoms with Crippen LogP contribution in [0.4, 0.5) is 14.5 Å². The Labute approximate surface area is 161 Å². The largest absolute Gasteiger partial charge is 0.493 e. The van der Waals surface area contributed by atoms with Crippen molar-refractivity contribution in [1.29, 1.82) is 0 Å². The monoisotopic (exact) mass is 392 g/mol. The van der Waals surface area contributed by atoms with Gasteiger partial charge >= 0.3 is 0 Å². The van der Waals surface area contributed by atoms with Crippen LogP contribution in [0.5, 0.6) is 11.5 Å². The van der Waals surface area contributed by atoms with Gasteiger partial charge in [-0.2, -0.15) is 0 Å². The number of methoxy groups -OCH3 is 2. The van der Waals surface area contributed by atoms with Gasteiger partial charge in [0.25, 0.3) is 0 Å². The lowest BCUT2D eigenvalue weighted by atomic mass is 9.90. The number of hydrogen-bond donors (Lipinski definition) is 2. The maximum absolute atomic E-state index is 13.7. The SMILES string of the molecule is COc1ccc(CNC(=O)C(C)(C)C(=O)Nc2c(F)cccc2F)cc1OC. The summed E-state index contributed by atoms with van der Waals surface area (Å²) >= 11 is 0. The fourth-order valence-electron chi connectivity index (χ4n) is 2.38. The number of nitrogens with one attached hydrogen (secondary N) is 2. The molecule has 0 aliphatic heterocycles.